The molecule has 14 heavy (non-hydrogen) atoms. The topological polar surface area (TPSA) is 20.3 Å². The molecule has 0 aromatic rings. The highest BCUT2D eigenvalue weighted by Gasteiger charge is 2.10. The van der Waals surface area contributed by atoms with E-state index in [-0.39, 0.29) is 5.91 Å². The molecule has 0 heterocycles. The first-order valence-electron chi connectivity index (χ1n) is 5.60. The van der Waals surface area contributed by atoms with Crippen LogP contribution in [-0.4, -0.2) is 29.8 Å². The molecule has 0 fully saturated rings. The van der Waals surface area contributed by atoms with Crippen LogP contribution < -0.4 is 0 Å². The predicted octanol–water partition coefficient (Wildman–Crippen LogP) is 3.04. The van der Waals surface area contributed by atoms with E-state index >= 15 is 0 Å². The summed E-state index contributed by atoms with van der Waals surface area (Å²) in [5.74, 6) is 0.648. The molecule has 0 saturated heterocycles. The standard InChI is InChI=1S/C11H22ClNO/c1-3-5-9-13(10-6-4-2)11(14)7-8-12/h3-10H2,1-2H3. The number of unbranched alkanes of at least 4 members (excludes halogenated alkanes) is 2. The Kier molecular flexibility index (Phi) is 9.16. The Bertz CT molecular complexity index is 142. The molecule has 0 N–H and O–H groups in total. The number of amides is 1. The Morgan fingerprint density at radius 3 is 2.00 bits per heavy atom. The molecule has 3 heteroatoms. The third-order valence-corrected chi connectivity index (χ3v) is 2.41. The highest BCUT2D eigenvalue weighted by molar-refractivity contribution is 6.18. The van der Waals surface area contributed by atoms with Gasteiger partial charge >= 0.3 is 0 Å². The van der Waals surface area contributed by atoms with Gasteiger partial charge in [-0.3, -0.25) is 4.79 Å². The molecule has 0 aliphatic rings. The number of halogens is 1. The van der Waals surface area contributed by atoms with Crippen LogP contribution in [0.15, 0.2) is 0 Å². The second kappa shape index (κ2) is 9.32. The molecule has 0 aromatic carbocycles. The van der Waals surface area contributed by atoms with Crippen molar-refractivity contribution in [3.05, 3.63) is 0 Å². The summed E-state index contributed by atoms with van der Waals surface area (Å²) in [6.07, 6.45) is 4.94. The maximum absolute atomic E-state index is 11.6. The van der Waals surface area contributed by atoms with Gasteiger partial charge in [0.1, 0.15) is 0 Å². The van der Waals surface area contributed by atoms with Gasteiger partial charge < -0.3 is 4.90 Å². The van der Waals surface area contributed by atoms with Crippen molar-refractivity contribution in [1.29, 1.82) is 0 Å². The van der Waals surface area contributed by atoms with Crippen molar-refractivity contribution in [2.75, 3.05) is 19.0 Å². The molecule has 0 saturated carbocycles. The number of rotatable bonds is 8. The van der Waals surface area contributed by atoms with Gasteiger partial charge in [0, 0.05) is 25.4 Å². The van der Waals surface area contributed by atoms with E-state index in [9.17, 15) is 4.79 Å². The lowest BCUT2D eigenvalue weighted by atomic mass is 10.2. The first-order valence-corrected chi connectivity index (χ1v) is 6.13. The first-order chi connectivity index (χ1) is 6.76. The van der Waals surface area contributed by atoms with Crippen LogP contribution in [0.4, 0.5) is 0 Å². The molecule has 0 radical (unpaired) electrons. The van der Waals surface area contributed by atoms with Gasteiger partial charge in [0.2, 0.25) is 5.91 Å². The van der Waals surface area contributed by atoms with Crippen LogP contribution >= 0.6 is 11.6 Å². The summed E-state index contributed by atoms with van der Waals surface area (Å²) in [6.45, 7) is 6.08. The first kappa shape index (κ1) is 13.8. The van der Waals surface area contributed by atoms with E-state index in [0.29, 0.717) is 12.3 Å². The van der Waals surface area contributed by atoms with E-state index in [1.165, 1.54) is 0 Å². The van der Waals surface area contributed by atoms with Gasteiger partial charge in [-0.05, 0) is 12.8 Å². The van der Waals surface area contributed by atoms with Crippen LogP contribution in [-0.2, 0) is 4.79 Å². The van der Waals surface area contributed by atoms with Crippen molar-refractivity contribution >= 4 is 17.5 Å². The lowest BCUT2D eigenvalue weighted by Gasteiger charge is -2.21. The Morgan fingerprint density at radius 2 is 1.64 bits per heavy atom. The fourth-order valence-corrected chi connectivity index (χ4v) is 1.46. The van der Waals surface area contributed by atoms with Crippen LogP contribution in [0, 0.1) is 0 Å². The summed E-state index contributed by atoms with van der Waals surface area (Å²) in [5, 5.41) is 0. The minimum atomic E-state index is 0.210. The van der Waals surface area contributed by atoms with Crippen LogP contribution in [0.5, 0.6) is 0 Å². The van der Waals surface area contributed by atoms with Crippen molar-refractivity contribution in [3.8, 4) is 0 Å². The summed E-state index contributed by atoms with van der Waals surface area (Å²) in [6, 6.07) is 0. The number of hydrogen-bond donors (Lipinski definition) is 0. The third-order valence-electron chi connectivity index (χ3n) is 2.22. The third kappa shape index (κ3) is 6.25. The lowest BCUT2D eigenvalue weighted by Crippen LogP contribution is -2.33. The van der Waals surface area contributed by atoms with Gasteiger partial charge in [-0.1, -0.05) is 26.7 Å². The van der Waals surface area contributed by atoms with E-state index in [1.807, 2.05) is 4.90 Å². The van der Waals surface area contributed by atoms with Crippen LogP contribution in [0.25, 0.3) is 0 Å². The second-order valence-electron chi connectivity index (χ2n) is 3.53. The highest BCUT2D eigenvalue weighted by Crippen LogP contribution is 2.02. The number of hydrogen-bond acceptors (Lipinski definition) is 1. The van der Waals surface area contributed by atoms with Crippen LogP contribution in [0.1, 0.15) is 46.0 Å². The molecule has 84 valence electrons. The van der Waals surface area contributed by atoms with E-state index in [1.54, 1.807) is 0 Å². The van der Waals surface area contributed by atoms with Crippen molar-refractivity contribution in [1.82, 2.24) is 4.90 Å². The van der Waals surface area contributed by atoms with Crippen molar-refractivity contribution in [2.24, 2.45) is 0 Å². The molecule has 0 bridgehead atoms. The summed E-state index contributed by atoms with van der Waals surface area (Å²) in [7, 11) is 0. The van der Waals surface area contributed by atoms with E-state index in [2.05, 4.69) is 13.8 Å². The van der Waals surface area contributed by atoms with Crippen molar-refractivity contribution < 1.29 is 4.79 Å². The van der Waals surface area contributed by atoms with Crippen LogP contribution in [0.3, 0.4) is 0 Å². The van der Waals surface area contributed by atoms with Gasteiger partial charge in [-0.25, -0.2) is 0 Å². The molecule has 2 nitrogen and oxygen atoms in total. The molecular formula is C11H22ClNO. The minimum absolute atomic E-state index is 0.210. The average Bonchev–Trinajstić information content (AvgIpc) is 2.18. The molecular weight excluding hydrogens is 198 g/mol. The Labute approximate surface area is 92.6 Å². The van der Waals surface area contributed by atoms with Crippen molar-refractivity contribution in [2.45, 2.75) is 46.0 Å². The molecule has 0 aliphatic heterocycles. The number of nitrogens with zero attached hydrogens (tertiary/aromatic N) is 1. The monoisotopic (exact) mass is 219 g/mol. The van der Waals surface area contributed by atoms with E-state index in [0.717, 1.165) is 38.8 Å². The van der Waals surface area contributed by atoms with Crippen molar-refractivity contribution in [3.63, 3.8) is 0 Å². The van der Waals surface area contributed by atoms with Gasteiger partial charge in [0.25, 0.3) is 0 Å². The summed E-state index contributed by atoms with van der Waals surface area (Å²) >= 11 is 5.56. The fourth-order valence-electron chi connectivity index (χ4n) is 1.30. The number of alkyl halides is 1. The molecule has 0 aromatic heterocycles. The smallest absolute Gasteiger partial charge is 0.223 e. The summed E-state index contributed by atoms with van der Waals surface area (Å²) in [5.41, 5.74) is 0. The maximum atomic E-state index is 11.6. The normalized spacial score (nSPS) is 10.2. The SMILES string of the molecule is CCCCN(CCCC)C(=O)CCCl. The Balaban J connectivity index is 3.88. The average molecular weight is 220 g/mol. The Hall–Kier alpha value is -0.240. The zero-order chi connectivity index (χ0) is 10.8. The predicted molar refractivity (Wildman–Crippen MR) is 61.7 cm³/mol. The summed E-state index contributed by atoms with van der Waals surface area (Å²) < 4.78 is 0. The molecule has 0 unspecified atom stereocenters. The zero-order valence-corrected chi connectivity index (χ0v) is 10.1. The quantitative estimate of drug-likeness (QED) is 0.575. The lowest BCUT2D eigenvalue weighted by molar-refractivity contribution is -0.130. The molecule has 0 aliphatic carbocycles. The van der Waals surface area contributed by atoms with Crippen LogP contribution in [0.2, 0.25) is 0 Å². The van der Waals surface area contributed by atoms with E-state index < -0.39 is 0 Å². The molecule has 0 spiro atoms. The summed E-state index contributed by atoms with van der Waals surface area (Å²) in [4.78, 5) is 13.6. The largest absolute Gasteiger partial charge is 0.343 e. The maximum Gasteiger partial charge on any atom is 0.223 e. The van der Waals surface area contributed by atoms with Gasteiger partial charge in [-0.2, -0.15) is 0 Å². The van der Waals surface area contributed by atoms with Gasteiger partial charge in [0.05, 0.1) is 0 Å². The Morgan fingerprint density at radius 1 is 1.14 bits per heavy atom. The van der Waals surface area contributed by atoms with Gasteiger partial charge in [-0.15, -0.1) is 11.6 Å². The van der Waals surface area contributed by atoms with E-state index in [4.69, 9.17) is 11.6 Å². The molecule has 1 amide bonds. The zero-order valence-electron chi connectivity index (χ0n) is 9.39. The van der Waals surface area contributed by atoms with Gasteiger partial charge in [0.15, 0.2) is 0 Å². The second-order valence-corrected chi connectivity index (χ2v) is 3.90. The molecule has 0 rings (SSSR count). The fraction of sp³-hybridized carbons (Fsp3) is 0.909. The highest BCUT2D eigenvalue weighted by atomic mass is 35.5. The number of carbonyl (C=O) groups is 1. The molecule has 0 atom stereocenters. The minimum Gasteiger partial charge on any atom is -0.343 e. The number of carbonyl (C=O) groups excluding carboxylic acids is 1.